The molecule has 1 atom stereocenters. The molecule has 0 bridgehead atoms. The second-order valence-corrected chi connectivity index (χ2v) is 4.98. The third-order valence-corrected chi connectivity index (χ3v) is 2.37. The van der Waals surface area contributed by atoms with Crippen molar-refractivity contribution >= 4 is 12.4 Å². The van der Waals surface area contributed by atoms with Crippen molar-refractivity contribution in [1.82, 2.24) is 4.90 Å². The minimum Gasteiger partial charge on any atom is -0.444 e. The van der Waals surface area contributed by atoms with E-state index in [1.807, 2.05) is 20.8 Å². The zero-order valence-electron chi connectivity index (χ0n) is 9.66. The normalized spacial score (nSPS) is 21.5. The third-order valence-electron chi connectivity index (χ3n) is 2.37. The van der Waals surface area contributed by atoms with Gasteiger partial charge in [-0.25, -0.2) is 4.79 Å². The quantitative estimate of drug-likeness (QED) is 0.657. The number of amides is 1. The fourth-order valence-electron chi connectivity index (χ4n) is 1.65. The lowest BCUT2D eigenvalue weighted by Crippen LogP contribution is -2.35. The minimum atomic E-state index is -0.445. The van der Waals surface area contributed by atoms with Crippen LogP contribution in [-0.2, 0) is 9.53 Å². The molecular weight excluding hydrogens is 194 g/mol. The van der Waals surface area contributed by atoms with Crippen LogP contribution in [0, 0.1) is 5.92 Å². The first-order chi connectivity index (χ1) is 6.92. The molecule has 0 saturated carbocycles. The Morgan fingerprint density at radius 1 is 1.53 bits per heavy atom. The van der Waals surface area contributed by atoms with Crippen molar-refractivity contribution in [3.05, 3.63) is 0 Å². The molecule has 0 aromatic rings. The van der Waals surface area contributed by atoms with Gasteiger partial charge in [0.25, 0.3) is 0 Å². The van der Waals surface area contributed by atoms with Gasteiger partial charge in [-0.2, -0.15) is 0 Å². The minimum absolute atomic E-state index is 0.268. The number of likely N-dealkylation sites (tertiary alicyclic amines) is 1. The molecule has 0 N–H and O–H groups in total. The highest BCUT2D eigenvalue weighted by molar-refractivity contribution is 5.68. The van der Waals surface area contributed by atoms with Gasteiger partial charge in [-0.3, -0.25) is 0 Å². The van der Waals surface area contributed by atoms with Crippen LogP contribution in [-0.4, -0.2) is 36.0 Å². The average molecular weight is 213 g/mol. The van der Waals surface area contributed by atoms with Gasteiger partial charge in [-0.1, -0.05) is 0 Å². The lowest BCUT2D eigenvalue weighted by molar-refractivity contribution is -0.108. The second-order valence-electron chi connectivity index (χ2n) is 4.98. The summed E-state index contributed by atoms with van der Waals surface area (Å²) in [7, 11) is 0. The van der Waals surface area contributed by atoms with Gasteiger partial charge < -0.3 is 14.4 Å². The Morgan fingerprint density at radius 3 is 2.73 bits per heavy atom. The van der Waals surface area contributed by atoms with Gasteiger partial charge in [-0.05, 0) is 33.1 Å². The summed E-state index contributed by atoms with van der Waals surface area (Å²) in [6, 6.07) is 0. The molecule has 0 aromatic carbocycles. The number of aldehydes is 1. The maximum Gasteiger partial charge on any atom is 0.410 e. The molecule has 0 unspecified atom stereocenters. The highest BCUT2D eigenvalue weighted by Gasteiger charge is 2.29. The first kappa shape index (κ1) is 12.0. The van der Waals surface area contributed by atoms with Crippen molar-refractivity contribution in [2.45, 2.75) is 39.2 Å². The van der Waals surface area contributed by atoms with Crippen molar-refractivity contribution in [1.29, 1.82) is 0 Å². The van der Waals surface area contributed by atoms with Crippen LogP contribution in [0.3, 0.4) is 0 Å². The summed E-state index contributed by atoms with van der Waals surface area (Å²) < 4.78 is 5.25. The standard InChI is InChI=1S/C11H19NO3/c1-11(2,3)15-10(14)12-6-4-9(8-12)5-7-13/h7,9H,4-6,8H2,1-3H3/t9-/m1/s1. The van der Waals surface area contributed by atoms with Gasteiger partial charge in [0, 0.05) is 19.5 Å². The molecule has 0 radical (unpaired) electrons. The lowest BCUT2D eigenvalue weighted by Gasteiger charge is -2.24. The molecule has 0 spiro atoms. The van der Waals surface area contributed by atoms with Gasteiger partial charge in [0.1, 0.15) is 11.9 Å². The van der Waals surface area contributed by atoms with Gasteiger partial charge in [0.2, 0.25) is 0 Å². The fourth-order valence-corrected chi connectivity index (χ4v) is 1.65. The third kappa shape index (κ3) is 3.90. The fraction of sp³-hybridized carbons (Fsp3) is 0.818. The van der Waals surface area contributed by atoms with Crippen LogP contribution in [0.4, 0.5) is 4.79 Å². The van der Waals surface area contributed by atoms with Crippen molar-refractivity contribution in [3.63, 3.8) is 0 Å². The Hall–Kier alpha value is -1.06. The van der Waals surface area contributed by atoms with Gasteiger partial charge in [0.15, 0.2) is 0 Å². The molecule has 0 aliphatic carbocycles. The molecule has 1 amide bonds. The van der Waals surface area contributed by atoms with Crippen LogP contribution in [0.5, 0.6) is 0 Å². The molecule has 1 heterocycles. The lowest BCUT2D eigenvalue weighted by atomic mass is 10.1. The Balaban J connectivity index is 2.40. The smallest absolute Gasteiger partial charge is 0.410 e. The Labute approximate surface area is 90.6 Å². The zero-order chi connectivity index (χ0) is 11.5. The molecule has 4 nitrogen and oxygen atoms in total. The molecule has 1 rings (SSSR count). The summed E-state index contributed by atoms with van der Waals surface area (Å²) in [4.78, 5) is 23.6. The SMILES string of the molecule is CC(C)(C)OC(=O)N1CC[C@H](CC=O)C1. The summed E-state index contributed by atoms with van der Waals surface area (Å²) in [6.45, 7) is 6.90. The van der Waals surface area contributed by atoms with E-state index >= 15 is 0 Å². The van der Waals surface area contributed by atoms with E-state index in [0.717, 1.165) is 12.7 Å². The number of carbonyl (C=O) groups is 2. The molecule has 0 aromatic heterocycles. The highest BCUT2D eigenvalue weighted by atomic mass is 16.6. The molecule has 1 fully saturated rings. The van der Waals surface area contributed by atoms with Crippen molar-refractivity contribution in [2.24, 2.45) is 5.92 Å². The zero-order valence-corrected chi connectivity index (χ0v) is 9.66. The highest BCUT2D eigenvalue weighted by Crippen LogP contribution is 2.20. The van der Waals surface area contributed by atoms with Crippen LogP contribution >= 0.6 is 0 Å². The largest absolute Gasteiger partial charge is 0.444 e. The van der Waals surface area contributed by atoms with E-state index in [4.69, 9.17) is 4.74 Å². The maximum atomic E-state index is 11.6. The predicted octanol–water partition coefficient (Wildman–Crippen LogP) is 1.83. The van der Waals surface area contributed by atoms with Gasteiger partial charge in [-0.15, -0.1) is 0 Å². The van der Waals surface area contributed by atoms with E-state index in [0.29, 0.717) is 25.4 Å². The summed E-state index contributed by atoms with van der Waals surface area (Å²) >= 11 is 0. The number of hydrogen-bond acceptors (Lipinski definition) is 3. The van der Waals surface area contributed by atoms with Gasteiger partial charge in [0.05, 0.1) is 0 Å². The monoisotopic (exact) mass is 213 g/mol. The molecule has 86 valence electrons. The molecule has 1 aliphatic rings. The number of ether oxygens (including phenoxy) is 1. The van der Waals surface area contributed by atoms with Crippen LogP contribution in [0.2, 0.25) is 0 Å². The van der Waals surface area contributed by atoms with E-state index in [1.54, 1.807) is 4.90 Å². The van der Waals surface area contributed by atoms with Crippen molar-refractivity contribution in [3.8, 4) is 0 Å². The van der Waals surface area contributed by atoms with Gasteiger partial charge >= 0.3 is 6.09 Å². The molecule has 1 saturated heterocycles. The van der Waals surface area contributed by atoms with Crippen molar-refractivity contribution < 1.29 is 14.3 Å². The average Bonchev–Trinajstić information content (AvgIpc) is 2.50. The van der Waals surface area contributed by atoms with Crippen LogP contribution in [0.1, 0.15) is 33.6 Å². The topological polar surface area (TPSA) is 46.6 Å². The molecule has 15 heavy (non-hydrogen) atoms. The molecule has 4 heteroatoms. The van der Waals surface area contributed by atoms with Crippen LogP contribution < -0.4 is 0 Å². The second kappa shape index (κ2) is 4.64. The summed E-state index contributed by atoms with van der Waals surface area (Å²) in [5, 5.41) is 0. The maximum absolute atomic E-state index is 11.6. The predicted molar refractivity (Wildman–Crippen MR) is 56.6 cm³/mol. The summed E-state index contributed by atoms with van der Waals surface area (Å²) in [5.74, 6) is 0.315. The first-order valence-electron chi connectivity index (χ1n) is 5.34. The van der Waals surface area contributed by atoms with E-state index < -0.39 is 5.60 Å². The van der Waals surface area contributed by atoms with Crippen LogP contribution in [0.25, 0.3) is 0 Å². The van der Waals surface area contributed by atoms with E-state index in [1.165, 1.54) is 0 Å². The number of nitrogens with zero attached hydrogens (tertiary/aromatic N) is 1. The number of carbonyl (C=O) groups excluding carboxylic acids is 2. The summed E-state index contributed by atoms with van der Waals surface area (Å²) in [6.07, 6.45) is 2.09. The number of rotatable bonds is 2. The van der Waals surface area contributed by atoms with Crippen LogP contribution in [0.15, 0.2) is 0 Å². The Kier molecular flexibility index (Phi) is 3.72. The van der Waals surface area contributed by atoms with E-state index in [9.17, 15) is 9.59 Å². The van der Waals surface area contributed by atoms with E-state index in [2.05, 4.69) is 0 Å². The Morgan fingerprint density at radius 2 is 2.20 bits per heavy atom. The van der Waals surface area contributed by atoms with E-state index in [-0.39, 0.29) is 6.09 Å². The Bertz CT molecular complexity index is 245. The molecule has 1 aliphatic heterocycles. The van der Waals surface area contributed by atoms with Crippen molar-refractivity contribution in [2.75, 3.05) is 13.1 Å². The molecular formula is C11H19NO3. The number of hydrogen-bond donors (Lipinski definition) is 0. The summed E-state index contributed by atoms with van der Waals surface area (Å²) in [5.41, 5.74) is -0.445. The first-order valence-corrected chi connectivity index (χ1v) is 5.34.